The summed E-state index contributed by atoms with van der Waals surface area (Å²) in [7, 11) is 1.70. The molecule has 2 bridgehead atoms. The second-order valence-corrected chi connectivity index (χ2v) is 29.6. The smallest absolute Gasteiger partial charge is 0.305 e. The van der Waals surface area contributed by atoms with Gasteiger partial charge in [-0.2, -0.15) is 0 Å². The van der Waals surface area contributed by atoms with Crippen molar-refractivity contribution in [3.05, 3.63) is 35.9 Å². The third-order valence-electron chi connectivity index (χ3n) is 19.3. The highest BCUT2D eigenvalue weighted by atomic mass is 33.1. The first-order valence-corrected chi connectivity index (χ1v) is 38.3. The quantitative estimate of drug-likeness (QED) is 0.0282. The van der Waals surface area contributed by atoms with E-state index in [9.17, 15) is 72.9 Å². The van der Waals surface area contributed by atoms with Crippen molar-refractivity contribution in [2.75, 3.05) is 57.4 Å². The van der Waals surface area contributed by atoms with Crippen molar-refractivity contribution in [3.8, 4) is 0 Å². The van der Waals surface area contributed by atoms with E-state index in [1.165, 1.54) is 14.7 Å². The zero-order valence-corrected chi connectivity index (χ0v) is 61.5. The number of aliphatic imine (C=N–C) groups is 1. The molecule has 0 aromatic heterocycles. The van der Waals surface area contributed by atoms with Crippen molar-refractivity contribution in [2.24, 2.45) is 34.0 Å². The zero-order chi connectivity index (χ0) is 77.2. The number of benzene rings is 1. The van der Waals surface area contributed by atoms with E-state index in [0.29, 0.717) is 31.2 Å². The molecule has 20 N–H and O–H groups in total. The number of hydrogen-bond acceptors (Lipinski definition) is 21. The molecule has 0 radical (unpaired) electrons. The Kier molecular flexibility index (Phi) is 33.8. The van der Waals surface area contributed by atoms with Crippen molar-refractivity contribution >= 4 is 116 Å². The summed E-state index contributed by atoms with van der Waals surface area (Å²) in [4.78, 5) is 225. The Morgan fingerprint density at radius 1 is 0.533 bits per heavy atom. The molecule has 6 rings (SSSR count). The van der Waals surface area contributed by atoms with Gasteiger partial charge < -0.3 is 106 Å². The molecule has 0 unspecified atom stereocenters. The number of carbonyl (C=O) groups excluding carboxylic acids is 14. The predicted molar refractivity (Wildman–Crippen MR) is 384 cm³/mol. The van der Waals surface area contributed by atoms with E-state index >= 15 is 14.4 Å². The molecular weight excluding hydrogens is 1410 g/mol. The Hall–Kier alpha value is -8.88. The number of rotatable bonds is 18. The Balaban J connectivity index is 1.50. The van der Waals surface area contributed by atoms with Gasteiger partial charge >= 0.3 is 5.97 Å². The molecular formula is C67H104N18O18S2. The Bertz CT molecular complexity index is 3300. The fourth-order valence-electron chi connectivity index (χ4n) is 12.9. The molecule has 105 heavy (non-hydrogen) atoms. The predicted octanol–water partition coefficient (Wildman–Crippen LogP) is -5.30. The van der Waals surface area contributed by atoms with E-state index in [1.807, 2.05) is 0 Å². The molecule has 0 spiro atoms. The highest BCUT2D eigenvalue weighted by Crippen LogP contribution is 2.29. The number of hydrogen-bond donors (Lipinski definition) is 17. The third-order valence-corrected chi connectivity index (χ3v) is 21.7. The van der Waals surface area contributed by atoms with E-state index in [2.05, 4.69) is 63.5 Å². The standard InChI is InChI=1S/C67H104N18O18S2/c1-6-35(3)51-62(99)79-44-33-104-105-34-45(78-55(92)39(20-13-25-71-67(69)70)73-49(88)31-72-54(91)41(30-50(89)90)75-60(97)46-21-14-26-83(46)64(101)42(76-58(44)95)29-38-17-9-8-10-18-38)59(96)82-53(37(5)87)63(100)74-40(19-11-12-24-68)56(93)77-43(32-86)57(94)81-52(36(4)7-2)66(103)85-28-16-23-48(85)65(102)84-27-15-22-47(84)61(98)80-51/h8-10,17-18,35-37,39-48,51-53,86-87H,6-7,11-16,19-34,68H2,1-5H3,(H,72,91)(H,73,88)(H,74,100)(H,75,97)(H,76,95)(H,77,93)(H,78,92)(H,79,99)(H,80,98)(H,81,94)(H,82,96)(H,89,90)(H4,69,70,71)/t35-,36-,37-,39-,40-,41-,42-,43-,44-,45-,46-,47-,48-,51-,52-,53-/m0/s1. The molecule has 1 aromatic carbocycles. The fraction of sp³-hybridized carbons (Fsp3) is 0.672. The highest BCUT2D eigenvalue weighted by Gasteiger charge is 2.47. The van der Waals surface area contributed by atoms with Crippen LogP contribution in [0.3, 0.4) is 0 Å². The van der Waals surface area contributed by atoms with Gasteiger partial charge in [-0.25, -0.2) is 0 Å². The lowest BCUT2D eigenvalue weighted by Gasteiger charge is -2.35. The first-order valence-electron chi connectivity index (χ1n) is 35.8. The largest absolute Gasteiger partial charge is 0.481 e. The average molecular weight is 1510 g/mol. The monoisotopic (exact) mass is 1510 g/mol. The van der Waals surface area contributed by atoms with Crippen LogP contribution in [0.25, 0.3) is 0 Å². The van der Waals surface area contributed by atoms with Crippen LogP contribution in [-0.4, -0.2) is 267 Å². The lowest BCUT2D eigenvalue weighted by Crippen LogP contribution is -2.62. The molecule has 38 heteroatoms. The number of carboxylic acid groups (broad SMARTS) is 1. The first kappa shape index (κ1) is 85.1. The molecule has 582 valence electrons. The number of aliphatic carboxylic acids is 1. The van der Waals surface area contributed by atoms with Crippen LogP contribution < -0.4 is 75.7 Å². The number of carboxylic acids is 1. The number of guanidine groups is 1. The van der Waals surface area contributed by atoms with Crippen LogP contribution in [0.2, 0.25) is 0 Å². The summed E-state index contributed by atoms with van der Waals surface area (Å²) < 4.78 is 0. The molecule has 16 atom stereocenters. The van der Waals surface area contributed by atoms with Crippen molar-refractivity contribution in [1.29, 1.82) is 0 Å². The maximum Gasteiger partial charge on any atom is 0.305 e. The second kappa shape index (κ2) is 41.7. The molecule has 36 nitrogen and oxygen atoms in total. The normalized spacial score (nSPS) is 28.5. The van der Waals surface area contributed by atoms with Crippen LogP contribution in [-0.2, 0) is 78.3 Å². The first-order chi connectivity index (χ1) is 50.0. The minimum Gasteiger partial charge on any atom is -0.481 e. The number of carbonyl (C=O) groups is 15. The lowest BCUT2D eigenvalue weighted by atomic mass is 9.96. The van der Waals surface area contributed by atoms with Crippen molar-refractivity contribution in [2.45, 2.75) is 216 Å². The summed E-state index contributed by atoms with van der Waals surface area (Å²) in [6.45, 7) is 6.22. The lowest BCUT2D eigenvalue weighted by molar-refractivity contribution is -0.149. The molecule has 5 fully saturated rings. The molecule has 5 aliphatic rings. The Morgan fingerprint density at radius 2 is 1.01 bits per heavy atom. The van der Waals surface area contributed by atoms with Gasteiger partial charge in [0.05, 0.1) is 25.7 Å². The number of nitrogens with zero attached hydrogens (tertiary/aromatic N) is 4. The van der Waals surface area contributed by atoms with Gasteiger partial charge in [0.25, 0.3) is 0 Å². The number of aliphatic hydroxyl groups is 2. The van der Waals surface area contributed by atoms with Crippen molar-refractivity contribution in [1.82, 2.24) is 73.2 Å². The van der Waals surface area contributed by atoms with Crippen LogP contribution in [0.4, 0.5) is 0 Å². The van der Waals surface area contributed by atoms with Crippen LogP contribution in [0.5, 0.6) is 0 Å². The minimum absolute atomic E-state index is 0.00934. The molecule has 5 saturated heterocycles. The summed E-state index contributed by atoms with van der Waals surface area (Å²) in [6.07, 6.45) is -1.00. The molecule has 5 heterocycles. The molecule has 0 saturated carbocycles. The van der Waals surface area contributed by atoms with Gasteiger partial charge in [-0.3, -0.25) is 76.9 Å². The van der Waals surface area contributed by atoms with Gasteiger partial charge in [0.2, 0.25) is 82.7 Å². The Morgan fingerprint density at radius 3 is 1.59 bits per heavy atom. The molecule has 0 aliphatic carbocycles. The van der Waals surface area contributed by atoms with E-state index in [0.717, 1.165) is 28.5 Å². The number of unbranched alkanes of at least 4 members (excludes halogenated alkanes) is 1. The number of fused-ring (bicyclic) bond motifs is 8. The van der Waals surface area contributed by atoms with Gasteiger partial charge in [-0.05, 0) is 101 Å². The number of amides is 14. The second-order valence-electron chi connectivity index (χ2n) is 27.0. The maximum absolute atomic E-state index is 15.3. The third kappa shape index (κ3) is 24.6. The van der Waals surface area contributed by atoms with Gasteiger partial charge in [0.15, 0.2) is 5.96 Å². The fourth-order valence-corrected chi connectivity index (χ4v) is 15.2. The Labute approximate surface area is 616 Å². The molecule has 14 amide bonds. The summed E-state index contributed by atoms with van der Waals surface area (Å²) in [5.74, 6) is -17.2. The summed E-state index contributed by atoms with van der Waals surface area (Å²) >= 11 is 0. The van der Waals surface area contributed by atoms with Gasteiger partial charge in [-0.15, -0.1) is 0 Å². The van der Waals surface area contributed by atoms with E-state index in [1.54, 1.807) is 58.0 Å². The zero-order valence-electron chi connectivity index (χ0n) is 59.9. The van der Waals surface area contributed by atoms with Crippen LogP contribution in [0.15, 0.2) is 35.3 Å². The minimum atomic E-state index is -1.94. The van der Waals surface area contributed by atoms with Crippen LogP contribution in [0, 0.1) is 11.8 Å². The summed E-state index contributed by atoms with van der Waals surface area (Å²) in [5, 5.41) is 60.1. The topological polar surface area (TPSA) is 549 Å². The van der Waals surface area contributed by atoms with E-state index in [-0.39, 0.29) is 103 Å². The SMILES string of the molecule is CC[C@H](C)[C@@H]1NC(=O)[C@@H]2CCCN2C(=O)[C@@H]2CCCN2C(=O)[C@H]([C@@H](C)CC)NC(=O)[C@H](CO)NC(=O)[C@H](CCCCN)NC(=O)[C@H]([C@H](C)O)NC(=O)[C@@H]2CSSC[C@H](NC1=O)C(=O)N[C@@H](Cc1ccccc1)C(=O)N1CCC[C@H]1C(=O)N[C@@H](CC(=O)O)C(=O)NCC(=O)N[C@@H](CCCN=C(N)N)C(=O)N2. The number of nitrogens with one attached hydrogen (secondary N) is 11. The van der Waals surface area contributed by atoms with Crippen molar-refractivity contribution < 1.29 is 87.2 Å². The van der Waals surface area contributed by atoms with Crippen LogP contribution >= 0.6 is 21.6 Å². The maximum atomic E-state index is 15.3. The van der Waals surface area contributed by atoms with Crippen LogP contribution in [0.1, 0.15) is 130 Å². The molecule has 5 aliphatic heterocycles. The van der Waals surface area contributed by atoms with E-state index in [4.69, 9.17) is 17.2 Å². The summed E-state index contributed by atoms with van der Waals surface area (Å²) in [5.41, 5.74) is 17.5. The van der Waals surface area contributed by atoms with Gasteiger partial charge in [-0.1, -0.05) is 92.5 Å². The number of nitrogens with two attached hydrogens (primary N) is 3. The molecule has 1 aromatic rings. The van der Waals surface area contributed by atoms with E-state index < -0.39 is 216 Å². The van der Waals surface area contributed by atoms with Gasteiger partial charge in [0.1, 0.15) is 78.5 Å². The van der Waals surface area contributed by atoms with Gasteiger partial charge in [0, 0.05) is 44.1 Å². The average Bonchev–Trinajstić information content (AvgIpc) is 1.69. The van der Waals surface area contributed by atoms with Crippen molar-refractivity contribution in [3.63, 3.8) is 0 Å². The summed E-state index contributed by atoms with van der Waals surface area (Å²) in [6, 6.07) is -11.5. The highest BCUT2D eigenvalue weighted by molar-refractivity contribution is 8.76. The number of aliphatic hydroxyl groups excluding tert-OH is 2.